The molecule has 94 valence electrons. The van der Waals surface area contributed by atoms with Gasteiger partial charge in [0.15, 0.2) is 0 Å². The molecule has 0 saturated carbocycles. The van der Waals surface area contributed by atoms with Crippen molar-refractivity contribution in [1.82, 2.24) is 5.32 Å². The van der Waals surface area contributed by atoms with Crippen LogP contribution in [0.3, 0.4) is 0 Å². The van der Waals surface area contributed by atoms with E-state index >= 15 is 0 Å². The summed E-state index contributed by atoms with van der Waals surface area (Å²) < 4.78 is 0. The molecule has 1 atom stereocenters. The molecule has 0 spiro atoms. The van der Waals surface area contributed by atoms with Crippen molar-refractivity contribution in [2.45, 2.75) is 46.1 Å². The van der Waals surface area contributed by atoms with E-state index in [1.54, 1.807) is 11.3 Å². The van der Waals surface area contributed by atoms with Gasteiger partial charge in [0.05, 0.1) is 11.5 Å². The van der Waals surface area contributed by atoms with Gasteiger partial charge in [0.25, 0.3) is 0 Å². The van der Waals surface area contributed by atoms with E-state index < -0.39 is 0 Å². The van der Waals surface area contributed by atoms with E-state index in [1.807, 2.05) is 13.8 Å². The standard InChI is InChI=1S/C14H22N2S/c1-12(13-6-9-17-10-13)16-8-5-4-7-14(2,3)11-15/h6,9-10,12,16H,4-5,7-8H2,1-3H3. The molecule has 1 N–H and O–H groups in total. The third kappa shape index (κ3) is 5.34. The zero-order valence-electron chi connectivity index (χ0n) is 11.0. The Morgan fingerprint density at radius 3 is 2.82 bits per heavy atom. The summed E-state index contributed by atoms with van der Waals surface area (Å²) in [6.45, 7) is 7.24. The first-order valence-corrected chi connectivity index (χ1v) is 7.16. The minimum absolute atomic E-state index is 0.168. The molecule has 1 unspecified atom stereocenters. The molecule has 17 heavy (non-hydrogen) atoms. The second-order valence-corrected chi connectivity index (χ2v) is 5.97. The molecule has 2 nitrogen and oxygen atoms in total. The van der Waals surface area contributed by atoms with Crippen molar-refractivity contribution in [3.8, 4) is 6.07 Å². The number of nitriles is 1. The number of nitrogens with one attached hydrogen (secondary N) is 1. The van der Waals surface area contributed by atoms with Crippen molar-refractivity contribution in [2.24, 2.45) is 5.41 Å². The topological polar surface area (TPSA) is 35.8 Å². The minimum Gasteiger partial charge on any atom is -0.310 e. The molecule has 1 rings (SSSR count). The Hall–Kier alpha value is -0.850. The van der Waals surface area contributed by atoms with Gasteiger partial charge in [-0.3, -0.25) is 0 Å². The number of thiophene rings is 1. The maximum atomic E-state index is 8.90. The van der Waals surface area contributed by atoms with Gasteiger partial charge in [-0.2, -0.15) is 16.6 Å². The SMILES string of the molecule is CC(NCCCCC(C)(C)C#N)c1ccsc1. The highest BCUT2D eigenvalue weighted by Gasteiger charge is 2.15. The van der Waals surface area contributed by atoms with Crippen LogP contribution >= 0.6 is 11.3 Å². The maximum absolute atomic E-state index is 8.90. The van der Waals surface area contributed by atoms with Crippen molar-refractivity contribution in [2.75, 3.05) is 6.54 Å². The van der Waals surface area contributed by atoms with E-state index in [-0.39, 0.29) is 5.41 Å². The van der Waals surface area contributed by atoms with E-state index in [0.717, 1.165) is 25.8 Å². The van der Waals surface area contributed by atoms with Crippen LogP contribution in [0.15, 0.2) is 16.8 Å². The Balaban J connectivity index is 2.11. The fourth-order valence-electron chi connectivity index (χ4n) is 1.71. The number of unbranched alkanes of at least 4 members (excludes halogenated alkanes) is 1. The third-order valence-corrected chi connectivity index (χ3v) is 3.73. The zero-order valence-corrected chi connectivity index (χ0v) is 11.8. The summed E-state index contributed by atoms with van der Waals surface area (Å²) in [7, 11) is 0. The molecular weight excluding hydrogens is 228 g/mol. The maximum Gasteiger partial charge on any atom is 0.0683 e. The first kappa shape index (κ1) is 14.2. The average molecular weight is 250 g/mol. The molecule has 0 bridgehead atoms. The van der Waals surface area contributed by atoms with E-state index in [0.29, 0.717) is 6.04 Å². The van der Waals surface area contributed by atoms with Gasteiger partial charge in [-0.25, -0.2) is 0 Å². The van der Waals surface area contributed by atoms with Gasteiger partial charge < -0.3 is 5.32 Å². The Kier molecular flexibility index (Phi) is 5.67. The molecule has 1 aromatic rings. The largest absolute Gasteiger partial charge is 0.310 e. The molecular formula is C14H22N2S. The lowest BCUT2D eigenvalue weighted by molar-refractivity contribution is 0.418. The Bertz CT molecular complexity index is 349. The number of hydrogen-bond acceptors (Lipinski definition) is 3. The molecule has 0 radical (unpaired) electrons. The lowest BCUT2D eigenvalue weighted by Gasteiger charge is -2.16. The van der Waals surface area contributed by atoms with Gasteiger partial charge >= 0.3 is 0 Å². The molecule has 0 aliphatic rings. The first-order valence-electron chi connectivity index (χ1n) is 6.22. The molecule has 1 heterocycles. The van der Waals surface area contributed by atoms with Gasteiger partial charge in [-0.15, -0.1) is 0 Å². The molecule has 3 heteroatoms. The van der Waals surface area contributed by atoms with E-state index in [1.165, 1.54) is 5.56 Å². The Labute approximate surface area is 109 Å². The van der Waals surface area contributed by atoms with E-state index in [4.69, 9.17) is 5.26 Å². The fourth-order valence-corrected chi connectivity index (χ4v) is 2.46. The molecule has 0 amide bonds. The summed E-state index contributed by atoms with van der Waals surface area (Å²) in [5.74, 6) is 0. The lowest BCUT2D eigenvalue weighted by atomic mass is 9.89. The summed E-state index contributed by atoms with van der Waals surface area (Å²) in [5, 5.41) is 16.7. The second kappa shape index (κ2) is 6.78. The third-order valence-electron chi connectivity index (χ3n) is 3.02. The van der Waals surface area contributed by atoms with Crippen LogP contribution in [0.4, 0.5) is 0 Å². The average Bonchev–Trinajstić information content (AvgIpc) is 2.82. The Morgan fingerprint density at radius 1 is 1.47 bits per heavy atom. The predicted molar refractivity (Wildman–Crippen MR) is 74.0 cm³/mol. The van der Waals surface area contributed by atoms with Crippen LogP contribution in [0.5, 0.6) is 0 Å². The van der Waals surface area contributed by atoms with Crippen molar-refractivity contribution in [3.05, 3.63) is 22.4 Å². The Morgan fingerprint density at radius 2 is 2.24 bits per heavy atom. The van der Waals surface area contributed by atoms with Crippen LogP contribution in [0, 0.1) is 16.7 Å². The summed E-state index contributed by atoms with van der Waals surface area (Å²) in [4.78, 5) is 0. The molecule has 0 saturated heterocycles. The fraction of sp³-hybridized carbons (Fsp3) is 0.643. The highest BCUT2D eigenvalue weighted by Crippen LogP contribution is 2.21. The molecule has 1 aromatic heterocycles. The molecule has 0 aromatic carbocycles. The van der Waals surface area contributed by atoms with Gasteiger partial charge in [-0.1, -0.05) is 6.42 Å². The van der Waals surface area contributed by atoms with Crippen molar-refractivity contribution in [1.29, 1.82) is 5.26 Å². The molecule has 0 aliphatic carbocycles. The second-order valence-electron chi connectivity index (χ2n) is 5.19. The number of nitrogens with zero attached hydrogens (tertiary/aromatic N) is 1. The summed E-state index contributed by atoms with van der Waals surface area (Å²) >= 11 is 1.74. The monoisotopic (exact) mass is 250 g/mol. The summed E-state index contributed by atoms with van der Waals surface area (Å²) in [6.07, 6.45) is 3.24. The van der Waals surface area contributed by atoms with Gasteiger partial charge in [0.1, 0.15) is 0 Å². The predicted octanol–water partition coefficient (Wildman–Crippen LogP) is 4.12. The number of hydrogen-bond donors (Lipinski definition) is 1. The van der Waals surface area contributed by atoms with Crippen LogP contribution in [0.1, 0.15) is 51.6 Å². The molecule has 0 aliphatic heterocycles. The van der Waals surface area contributed by atoms with Crippen molar-refractivity contribution >= 4 is 11.3 Å². The number of rotatable bonds is 7. The van der Waals surface area contributed by atoms with Crippen LogP contribution in [0.2, 0.25) is 0 Å². The van der Waals surface area contributed by atoms with E-state index in [9.17, 15) is 0 Å². The van der Waals surface area contributed by atoms with Gasteiger partial charge in [0, 0.05) is 6.04 Å². The lowest BCUT2D eigenvalue weighted by Crippen LogP contribution is -2.19. The summed E-state index contributed by atoms with van der Waals surface area (Å²) in [5.41, 5.74) is 1.20. The minimum atomic E-state index is -0.168. The van der Waals surface area contributed by atoms with Crippen LogP contribution in [-0.2, 0) is 0 Å². The highest BCUT2D eigenvalue weighted by molar-refractivity contribution is 7.07. The van der Waals surface area contributed by atoms with Crippen LogP contribution in [0.25, 0.3) is 0 Å². The van der Waals surface area contributed by atoms with Crippen LogP contribution in [-0.4, -0.2) is 6.54 Å². The van der Waals surface area contributed by atoms with E-state index in [2.05, 4.69) is 35.1 Å². The molecule has 0 fully saturated rings. The normalized spacial score (nSPS) is 13.3. The zero-order chi connectivity index (χ0) is 12.7. The van der Waals surface area contributed by atoms with Crippen molar-refractivity contribution < 1.29 is 0 Å². The quantitative estimate of drug-likeness (QED) is 0.739. The summed E-state index contributed by atoms with van der Waals surface area (Å²) in [6, 6.07) is 4.95. The first-order chi connectivity index (χ1) is 8.05. The van der Waals surface area contributed by atoms with Gasteiger partial charge in [-0.05, 0) is 62.5 Å². The smallest absolute Gasteiger partial charge is 0.0683 e. The van der Waals surface area contributed by atoms with Crippen LogP contribution < -0.4 is 5.32 Å². The van der Waals surface area contributed by atoms with Crippen molar-refractivity contribution in [3.63, 3.8) is 0 Å². The highest BCUT2D eigenvalue weighted by atomic mass is 32.1. The van der Waals surface area contributed by atoms with Gasteiger partial charge in [0.2, 0.25) is 0 Å².